The summed E-state index contributed by atoms with van der Waals surface area (Å²) in [4.78, 5) is 23.4. The number of hydrogen-bond donors (Lipinski definition) is 1. The van der Waals surface area contributed by atoms with Crippen LogP contribution in [0.5, 0.6) is 0 Å². The predicted octanol–water partition coefficient (Wildman–Crippen LogP) is 7.11. The minimum Gasteiger partial charge on any atom is -0.494 e. The summed E-state index contributed by atoms with van der Waals surface area (Å²) in [5.74, 6) is 4.49. The molecule has 0 radical (unpaired) electrons. The van der Waals surface area contributed by atoms with Crippen LogP contribution in [0.1, 0.15) is 112 Å². The molecule has 1 amide bonds. The molecule has 5 nitrogen and oxygen atoms in total. The maximum absolute atomic E-state index is 12.1. The van der Waals surface area contributed by atoms with Crippen molar-refractivity contribution in [3.05, 3.63) is 23.0 Å². The first kappa shape index (κ1) is 27.8. The van der Waals surface area contributed by atoms with Gasteiger partial charge in [0, 0.05) is 38.6 Å². The average molecular weight is 526 g/mol. The second kappa shape index (κ2) is 10.7. The zero-order chi connectivity index (χ0) is 27.2. The quantitative estimate of drug-likeness (QED) is 0.271. The molecular weight excluding hydrogens is 474 g/mol. The fourth-order valence-electron chi connectivity index (χ4n) is 9.56. The van der Waals surface area contributed by atoms with Crippen molar-refractivity contribution in [1.82, 2.24) is 5.32 Å². The second-order valence-corrected chi connectivity index (χ2v) is 14.0. The van der Waals surface area contributed by atoms with E-state index in [0.29, 0.717) is 29.8 Å². The lowest BCUT2D eigenvalue weighted by Crippen LogP contribution is -2.50. The van der Waals surface area contributed by atoms with Crippen LogP contribution in [-0.4, -0.2) is 30.6 Å². The fourth-order valence-corrected chi connectivity index (χ4v) is 9.56. The summed E-state index contributed by atoms with van der Waals surface area (Å²) in [6, 6.07) is 0. The molecular formula is C33H51NO4. The van der Waals surface area contributed by atoms with Gasteiger partial charge in [-0.25, -0.2) is 0 Å². The Kier molecular flexibility index (Phi) is 7.79. The first-order chi connectivity index (χ1) is 18.1. The van der Waals surface area contributed by atoms with Crippen molar-refractivity contribution in [2.45, 2.75) is 124 Å². The molecule has 5 aliphatic rings. The third-order valence-corrected chi connectivity index (χ3v) is 11.6. The van der Waals surface area contributed by atoms with Gasteiger partial charge in [0.25, 0.3) is 0 Å². The number of rotatable bonds is 8. The smallest absolute Gasteiger partial charge is 0.306 e. The second-order valence-electron chi connectivity index (χ2n) is 14.0. The Morgan fingerprint density at radius 1 is 1.21 bits per heavy atom. The number of ether oxygens (including phenoxy) is 2. The summed E-state index contributed by atoms with van der Waals surface area (Å²) >= 11 is 0. The Balaban J connectivity index is 1.26. The van der Waals surface area contributed by atoms with Gasteiger partial charge in [-0.2, -0.15) is 0 Å². The Labute approximate surface area is 230 Å². The summed E-state index contributed by atoms with van der Waals surface area (Å²) in [6.07, 6.45) is 14.5. The molecule has 212 valence electrons. The summed E-state index contributed by atoms with van der Waals surface area (Å²) in [6.45, 7) is 14.0. The molecule has 5 rings (SSSR count). The topological polar surface area (TPSA) is 64.6 Å². The standard InChI is InChI=1S/C33H51NO4/c1-7-8-30(36)37-24-13-15-32(5)23(17-24)10-11-25-26(32)14-16-33(6)27(25)18-29-31(33)21(3)28(38-29)12-9-20(2)19-34-22(4)35/h10,20,24-27,29,31H,7-9,11-19H2,1-6H3,(H,34,35)/t20-,24+,25-,26+,27-,29-,31-,32-,33-/m0/s1. The summed E-state index contributed by atoms with van der Waals surface area (Å²) in [5, 5.41) is 2.96. The molecule has 0 bridgehead atoms. The lowest BCUT2D eigenvalue weighted by Gasteiger charge is -2.58. The molecule has 9 atom stereocenters. The molecule has 3 fully saturated rings. The highest BCUT2D eigenvalue weighted by molar-refractivity contribution is 5.72. The van der Waals surface area contributed by atoms with Gasteiger partial charge in [-0.15, -0.1) is 0 Å². The number of hydrogen-bond acceptors (Lipinski definition) is 4. The number of allylic oxidation sites excluding steroid dienone is 2. The number of carbonyl (C=O) groups excluding carboxylic acids is 2. The molecule has 1 aliphatic heterocycles. The molecule has 0 aromatic heterocycles. The van der Waals surface area contributed by atoms with Crippen LogP contribution >= 0.6 is 0 Å². The van der Waals surface area contributed by atoms with Crippen LogP contribution in [0.4, 0.5) is 0 Å². The zero-order valence-electron chi connectivity index (χ0n) is 24.7. The zero-order valence-corrected chi connectivity index (χ0v) is 24.7. The SMILES string of the molecule is CCCC(=O)O[C@@H]1CC[C@@]2(C)C(=CC[C@H]3[C@H]2CC[C@@]2(C)[C@H]3C[C@@H]3OC(CC[C@H](C)CNC(C)=O)=C(C)[C@@H]32)C1. The Morgan fingerprint density at radius 3 is 2.74 bits per heavy atom. The molecule has 3 saturated carbocycles. The van der Waals surface area contributed by atoms with Crippen LogP contribution in [0.2, 0.25) is 0 Å². The lowest BCUT2D eigenvalue weighted by atomic mass is 9.47. The predicted molar refractivity (Wildman–Crippen MR) is 150 cm³/mol. The summed E-state index contributed by atoms with van der Waals surface area (Å²) < 4.78 is 12.6. The maximum Gasteiger partial charge on any atom is 0.306 e. The van der Waals surface area contributed by atoms with E-state index in [4.69, 9.17) is 9.47 Å². The highest BCUT2D eigenvalue weighted by atomic mass is 16.5. The van der Waals surface area contributed by atoms with E-state index in [1.165, 1.54) is 37.0 Å². The van der Waals surface area contributed by atoms with Crippen molar-refractivity contribution in [2.75, 3.05) is 6.54 Å². The monoisotopic (exact) mass is 525 g/mol. The van der Waals surface area contributed by atoms with Crippen molar-refractivity contribution < 1.29 is 19.1 Å². The maximum atomic E-state index is 12.1. The van der Waals surface area contributed by atoms with Gasteiger partial charge in [-0.3, -0.25) is 9.59 Å². The van der Waals surface area contributed by atoms with Crippen molar-refractivity contribution >= 4 is 11.9 Å². The van der Waals surface area contributed by atoms with Crippen LogP contribution in [0, 0.1) is 40.4 Å². The number of nitrogens with one attached hydrogen (secondary N) is 1. The van der Waals surface area contributed by atoms with Gasteiger partial charge in [-0.1, -0.05) is 39.3 Å². The molecule has 4 aliphatic carbocycles. The first-order valence-corrected chi connectivity index (χ1v) is 15.6. The Bertz CT molecular complexity index is 999. The minimum absolute atomic E-state index is 0.0219. The van der Waals surface area contributed by atoms with E-state index in [1.807, 2.05) is 6.92 Å². The van der Waals surface area contributed by atoms with E-state index in [9.17, 15) is 9.59 Å². The van der Waals surface area contributed by atoms with Gasteiger partial charge in [0.15, 0.2) is 0 Å². The highest BCUT2D eigenvalue weighted by Crippen LogP contribution is 2.69. The normalized spacial score (nSPS) is 40.2. The molecule has 1 N–H and O–H groups in total. The number of carbonyl (C=O) groups is 2. The number of esters is 1. The van der Waals surface area contributed by atoms with Crippen LogP contribution in [0.3, 0.4) is 0 Å². The molecule has 0 unspecified atom stereocenters. The van der Waals surface area contributed by atoms with Crippen LogP contribution < -0.4 is 5.32 Å². The van der Waals surface area contributed by atoms with Gasteiger partial charge in [-0.05, 0) is 98.4 Å². The van der Waals surface area contributed by atoms with Gasteiger partial charge in [0.05, 0.1) is 5.76 Å². The molecule has 0 spiro atoms. The first-order valence-electron chi connectivity index (χ1n) is 15.6. The van der Waals surface area contributed by atoms with E-state index in [-0.39, 0.29) is 23.4 Å². The van der Waals surface area contributed by atoms with Gasteiger partial charge in [0.1, 0.15) is 12.2 Å². The van der Waals surface area contributed by atoms with Crippen molar-refractivity contribution in [3.8, 4) is 0 Å². The van der Waals surface area contributed by atoms with E-state index in [0.717, 1.165) is 62.8 Å². The number of amides is 1. The van der Waals surface area contributed by atoms with Crippen molar-refractivity contribution in [2.24, 2.45) is 40.4 Å². The largest absolute Gasteiger partial charge is 0.494 e. The molecule has 0 aromatic rings. The van der Waals surface area contributed by atoms with Gasteiger partial charge >= 0.3 is 5.97 Å². The van der Waals surface area contributed by atoms with Gasteiger partial charge < -0.3 is 14.8 Å². The molecule has 5 heteroatoms. The van der Waals surface area contributed by atoms with E-state index in [2.05, 4.69) is 39.1 Å². The lowest BCUT2D eigenvalue weighted by molar-refractivity contribution is -0.151. The third kappa shape index (κ3) is 4.85. The Hall–Kier alpha value is -1.78. The van der Waals surface area contributed by atoms with Gasteiger partial charge in [0.2, 0.25) is 5.91 Å². The number of fused-ring (bicyclic) bond motifs is 7. The average Bonchev–Trinajstić information content (AvgIpc) is 3.34. The van der Waals surface area contributed by atoms with E-state index < -0.39 is 0 Å². The summed E-state index contributed by atoms with van der Waals surface area (Å²) in [5.41, 5.74) is 3.67. The third-order valence-electron chi connectivity index (χ3n) is 11.6. The van der Waals surface area contributed by atoms with E-state index >= 15 is 0 Å². The summed E-state index contributed by atoms with van der Waals surface area (Å²) in [7, 11) is 0. The van der Waals surface area contributed by atoms with Crippen LogP contribution in [0.25, 0.3) is 0 Å². The molecule has 0 saturated heterocycles. The van der Waals surface area contributed by atoms with Crippen molar-refractivity contribution in [1.29, 1.82) is 0 Å². The minimum atomic E-state index is -0.0219. The van der Waals surface area contributed by atoms with Crippen molar-refractivity contribution in [3.63, 3.8) is 0 Å². The Morgan fingerprint density at radius 2 is 2.00 bits per heavy atom. The van der Waals surface area contributed by atoms with Crippen LogP contribution in [0.15, 0.2) is 23.0 Å². The molecule has 1 heterocycles. The fraction of sp³-hybridized carbons (Fsp3) is 0.818. The van der Waals surface area contributed by atoms with Crippen LogP contribution in [-0.2, 0) is 19.1 Å². The van der Waals surface area contributed by atoms with E-state index in [1.54, 1.807) is 12.5 Å². The highest BCUT2D eigenvalue weighted by Gasteiger charge is 2.63. The molecule has 38 heavy (non-hydrogen) atoms. The molecule has 0 aromatic carbocycles.